The number of sulfonamides is 1. The van der Waals surface area contributed by atoms with E-state index in [0.717, 1.165) is 6.07 Å². The molecule has 0 amide bonds. The second-order valence-corrected chi connectivity index (χ2v) is 5.84. The molecule has 0 radical (unpaired) electrons. The standard InChI is InChI=1S/C13H14FN3O2S/c14-11-5-4-10(8-15)13(7-11)20(18,19)17-9-12-3-1-2-6-16-12/h1-7,17H,8-9,15H2. The predicted molar refractivity (Wildman–Crippen MR) is 72.6 cm³/mol. The highest BCUT2D eigenvalue weighted by Crippen LogP contribution is 2.17. The van der Waals surface area contributed by atoms with E-state index in [0.29, 0.717) is 11.3 Å². The summed E-state index contributed by atoms with van der Waals surface area (Å²) in [4.78, 5) is 3.87. The fourth-order valence-electron chi connectivity index (χ4n) is 1.70. The van der Waals surface area contributed by atoms with Gasteiger partial charge in [0.2, 0.25) is 10.0 Å². The van der Waals surface area contributed by atoms with Gasteiger partial charge in [-0.2, -0.15) is 0 Å². The van der Waals surface area contributed by atoms with E-state index in [2.05, 4.69) is 9.71 Å². The van der Waals surface area contributed by atoms with E-state index in [4.69, 9.17) is 5.73 Å². The van der Waals surface area contributed by atoms with Crippen LogP contribution in [0.4, 0.5) is 4.39 Å². The van der Waals surface area contributed by atoms with Crippen LogP contribution in [-0.2, 0) is 23.1 Å². The van der Waals surface area contributed by atoms with Gasteiger partial charge in [0.15, 0.2) is 0 Å². The van der Waals surface area contributed by atoms with Crippen molar-refractivity contribution in [2.24, 2.45) is 5.73 Å². The first-order valence-electron chi connectivity index (χ1n) is 5.91. The summed E-state index contributed by atoms with van der Waals surface area (Å²) in [6, 6.07) is 8.69. The van der Waals surface area contributed by atoms with Gasteiger partial charge in [-0.3, -0.25) is 4.98 Å². The quantitative estimate of drug-likeness (QED) is 0.866. The normalized spacial score (nSPS) is 11.5. The maximum absolute atomic E-state index is 13.2. The molecule has 1 heterocycles. The summed E-state index contributed by atoms with van der Waals surface area (Å²) in [6.45, 7) is 0.0454. The fourth-order valence-corrected chi connectivity index (χ4v) is 2.95. The lowest BCUT2D eigenvalue weighted by Crippen LogP contribution is -2.25. The zero-order valence-electron chi connectivity index (χ0n) is 10.6. The van der Waals surface area contributed by atoms with Crippen molar-refractivity contribution in [2.75, 3.05) is 0 Å². The lowest BCUT2D eigenvalue weighted by molar-refractivity contribution is 0.574. The molecule has 1 aromatic carbocycles. The molecule has 0 atom stereocenters. The smallest absolute Gasteiger partial charge is 0.241 e. The molecule has 0 bridgehead atoms. The van der Waals surface area contributed by atoms with E-state index >= 15 is 0 Å². The molecule has 0 saturated carbocycles. The van der Waals surface area contributed by atoms with Crippen LogP contribution in [0.3, 0.4) is 0 Å². The number of benzene rings is 1. The van der Waals surface area contributed by atoms with Crippen molar-refractivity contribution in [3.05, 3.63) is 59.7 Å². The van der Waals surface area contributed by atoms with Crippen molar-refractivity contribution < 1.29 is 12.8 Å². The minimum Gasteiger partial charge on any atom is -0.326 e. The summed E-state index contributed by atoms with van der Waals surface area (Å²) >= 11 is 0. The van der Waals surface area contributed by atoms with Crippen molar-refractivity contribution in [1.29, 1.82) is 0 Å². The molecule has 106 valence electrons. The molecule has 5 nitrogen and oxygen atoms in total. The van der Waals surface area contributed by atoms with Crippen molar-refractivity contribution >= 4 is 10.0 Å². The van der Waals surface area contributed by atoms with E-state index in [9.17, 15) is 12.8 Å². The predicted octanol–water partition coefficient (Wildman–Crippen LogP) is 1.16. The molecule has 2 rings (SSSR count). The van der Waals surface area contributed by atoms with Crippen LogP contribution in [0.2, 0.25) is 0 Å². The largest absolute Gasteiger partial charge is 0.326 e. The number of halogens is 1. The summed E-state index contributed by atoms with van der Waals surface area (Å²) in [7, 11) is -3.83. The van der Waals surface area contributed by atoms with Gasteiger partial charge in [-0.1, -0.05) is 12.1 Å². The molecule has 0 saturated heterocycles. The summed E-state index contributed by atoms with van der Waals surface area (Å²) in [6.07, 6.45) is 1.57. The number of rotatable bonds is 5. The third-order valence-corrected chi connectivity index (χ3v) is 4.19. The van der Waals surface area contributed by atoms with Gasteiger partial charge in [0.25, 0.3) is 0 Å². The van der Waals surface area contributed by atoms with Crippen LogP contribution in [0, 0.1) is 5.82 Å². The van der Waals surface area contributed by atoms with Crippen LogP contribution in [0.25, 0.3) is 0 Å². The summed E-state index contributed by atoms with van der Waals surface area (Å²) in [5.74, 6) is -0.625. The van der Waals surface area contributed by atoms with Crippen LogP contribution < -0.4 is 10.5 Å². The number of nitrogens with zero attached hydrogens (tertiary/aromatic N) is 1. The van der Waals surface area contributed by atoms with Crippen molar-refractivity contribution in [2.45, 2.75) is 18.0 Å². The number of aromatic nitrogens is 1. The Morgan fingerprint density at radius 2 is 2.05 bits per heavy atom. The number of hydrogen-bond acceptors (Lipinski definition) is 4. The van der Waals surface area contributed by atoms with E-state index in [1.807, 2.05) is 0 Å². The van der Waals surface area contributed by atoms with Gasteiger partial charge in [-0.15, -0.1) is 0 Å². The Labute approximate surface area is 116 Å². The molecule has 3 N–H and O–H groups in total. The number of pyridine rings is 1. The minimum atomic E-state index is -3.83. The number of nitrogens with one attached hydrogen (secondary N) is 1. The Bertz CT molecular complexity index is 690. The lowest BCUT2D eigenvalue weighted by Gasteiger charge is -2.10. The monoisotopic (exact) mass is 295 g/mol. The molecule has 0 unspecified atom stereocenters. The molecule has 1 aromatic heterocycles. The molecule has 20 heavy (non-hydrogen) atoms. The molecule has 0 fully saturated rings. The minimum absolute atomic E-state index is 0.0140. The molecule has 0 aliphatic carbocycles. The topological polar surface area (TPSA) is 85.1 Å². The summed E-state index contributed by atoms with van der Waals surface area (Å²) < 4.78 is 40.0. The van der Waals surface area contributed by atoms with Gasteiger partial charge in [-0.25, -0.2) is 17.5 Å². The highest BCUT2D eigenvalue weighted by Gasteiger charge is 2.18. The first kappa shape index (κ1) is 14.6. The highest BCUT2D eigenvalue weighted by atomic mass is 32.2. The maximum atomic E-state index is 13.2. The van der Waals surface area contributed by atoms with Gasteiger partial charge in [0.05, 0.1) is 17.1 Å². The zero-order chi connectivity index (χ0) is 14.6. The van der Waals surface area contributed by atoms with E-state index in [-0.39, 0.29) is 18.0 Å². The van der Waals surface area contributed by atoms with E-state index in [1.54, 1.807) is 24.4 Å². The number of nitrogens with two attached hydrogens (primary N) is 1. The highest BCUT2D eigenvalue weighted by molar-refractivity contribution is 7.89. The summed E-state index contributed by atoms with van der Waals surface area (Å²) in [5.41, 5.74) is 6.41. The number of hydrogen-bond donors (Lipinski definition) is 2. The van der Waals surface area contributed by atoms with Crippen molar-refractivity contribution in [3.63, 3.8) is 0 Å². The van der Waals surface area contributed by atoms with E-state index in [1.165, 1.54) is 12.1 Å². The molecule has 2 aromatic rings. The van der Waals surface area contributed by atoms with Crippen LogP contribution in [0.5, 0.6) is 0 Å². The Balaban J connectivity index is 2.24. The Morgan fingerprint density at radius 1 is 1.25 bits per heavy atom. The second kappa shape index (κ2) is 6.08. The Hall–Kier alpha value is -1.83. The van der Waals surface area contributed by atoms with Gasteiger partial charge in [0, 0.05) is 12.7 Å². The first-order chi connectivity index (χ1) is 9.53. The molecule has 7 heteroatoms. The van der Waals surface area contributed by atoms with Crippen LogP contribution >= 0.6 is 0 Å². The van der Waals surface area contributed by atoms with Crippen molar-refractivity contribution in [3.8, 4) is 0 Å². The zero-order valence-corrected chi connectivity index (χ0v) is 11.4. The fraction of sp³-hybridized carbons (Fsp3) is 0.154. The molecular weight excluding hydrogens is 281 g/mol. The first-order valence-corrected chi connectivity index (χ1v) is 7.39. The van der Waals surface area contributed by atoms with Gasteiger partial charge in [0.1, 0.15) is 5.82 Å². The van der Waals surface area contributed by atoms with Crippen LogP contribution in [0.1, 0.15) is 11.3 Å². The van der Waals surface area contributed by atoms with Crippen LogP contribution in [-0.4, -0.2) is 13.4 Å². The SMILES string of the molecule is NCc1ccc(F)cc1S(=O)(=O)NCc1ccccn1. The maximum Gasteiger partial charge on any atom is 0.241 e. The average molecular weight is 295 g/mol. The van der Waals surface area contributed by atoms with Gasteiger partial charge in [-0.05, 0) is 29.8 Å². The van der Waals surface area contributed by atoms with Gasteiger partial charge < -0.3 is 5.73 Å². The molecule has 0 aliphatic heterocycles. The van der Waals surface area contributed by atoms with Crippen LogP contribution in [0.15, 0.2) is 47.5 Å². The van der Waals surface area contributed by atoms with E-state index < -0.39 is 15.8 Å². The third-order valence-electron chi connectivity index (χ3n) is 2.71. The van der Waals surface area contributed by atoms with Crippen molar-refractivity contribution in [1.82, 2.24) is 9.71 Å². The second-order valence-electron chi connectivity index (χ2n) is 4.10. The molecular formula is C13H14FN3O2S. The molecule has 0 aliphatic rings. The molecule has 0 spiro atoms. The third kappa shape index (κ3) is 3.38. The Kier molecular flexibility index (Phi) is 4.43. The summed E-state index contributed by atoms with van der Waals surface area (Å²) in [5, 5.41) is 0. The van der Waals surface area contributed by atoms with Gasteiger partial charge >= 0.3 is 0 Å². The lowest BCUT2D eigenvalue weighted by atomic mass is 10.2. The average Bonchev–Trinajstić information content (AvgIpc) is 2.46. The Morgan fingerprint density at radius 3 is 2.70 bits per heavy atom.